The molecule has 144 valence electrons. The molecule has 1 atom stereocenters. The molecule has 2 N–H and O–H groups in total. The van der Waals surface area contributed by atoms with Gasteiger partial charge in [-0.25, -0.2) is 0 Å². The lowest BCUT2D eigenvalue weighted by atomic mass is 10.1. The summed E-state index contributed by atoms with van der Waals surface area (Å²) in [5, 5.41) is 6.14. The van der Waals surface area contributed by atoms with E-state index >= 15 is 0 Å². The van der Waals surface area contributed by atoms with E-state index in [0.717, 1.165) is 23.4 Å². The fraction of sp³-hybridized carbons (Fsp3) is 0.208. The van der Waals surface area contributed by atoms with Crippen LogP contribution < -0.4 is 15.4 Å². The smallest absolute Gasteiger partial charge is 0.238 e. The lowest BCUT2D eigenvalue weighted by Gasteiger charge is -2.14. The van der Waals surface area contributed by atoms with E-state index in [2.05, 4.69) is 22.8 Å². The molecule has 0 heterocycles. The number of hydrogen-bond acceptors (Lipinski definition) is 3. The topological polar surface area (TPSA) is 50.4 Å². The Morgan fingerprint density at radius 1 is 0.893 bits per heavy atom. The van der Waals surface area contributed by atoms with Crippen molar-refractivity contribution in [2.75, 3.05) is 18.5 Å². The predicted molar refractivity (Wildman–Crippen MR) is 114 cm³/mol. The van der Waals surface area contributed by atoms with Crippen molar-refractivity contribution in [3.8, 4) is 5.75 Å². The number of carbonyl (C=O) groups is 1. The molecule has 4 nitrogen and oxygen atoms in total. The van der Waals surface area contributed by atoms with Gasteiger partial charge in [0.2, 0.25) is 5.91 Å². The van der Waals surface area contributed by atoms with Crippen LogP contribution in [0.2, 0.25) is 0 Å². The number of hydrogen-bond donors (Lipinski definition) is 2. The minimum absolute atomic E-state index is 0.0690. The van der Waals surface area contributed by atoms with E-state index in [4.69, 9.17) is 4.74 Å². The number of benzene rings is 3. The van der Waals surface area contributed by atoms with Gasteiger partial charge in [0.25, 0.3) is 0 Å². The fourth-order valence-electron chi connectivity index (χ4n) is 2.88. The molecule has 0 saturated carbocycles. The molecule has 0 saturated heterocycles. The van der Waals surface area contributed by atoms with Gasteiger partial charge in [-0.05, 0) is 42.3 Å². The third-order valence-electron chi connectivity index (χ3n) is 4.51. The van der Waals surface area contributed by atoms with Crippen molar-refractivity contribution >= 4 is 11.6 Å². The number of rotatable bonds is 9. The second-order valence-electron chi connectivity index (χ2n) is 6.67. The summed E-state index contributed by atoms with van der Waals surface area (Å²) >= 11 is 0. The lowest BCUT2D eigenvalue weighted by molar-refractivity contribution is -0.115. The standard InChI is InChI=1S/C24H26N2O2/c1-19(21-10-6-3-7-11-21)25-18-24(27)26-22-12-14-23(15-13-22)28-17-16-20-8-4-2-5-9-20/h2-15,19,25H,16-18H2,1H3,(H,26,27). The van der Waals surface area contributed by atoms with Crippen LogP contribution in [0.15, 0.2) is 84.9 Å². The van der Waals surface area contributed by atoms with Crippen LogP contribution in [0.25, 0.3) is 0 Å². The summed E-state index contributed by atoms with van der Waals surface area (Å²) in [7, 11) is 0. The van der Waals surface area contributed by atoms with Gasteiger partial charge in [-0.2, -0.15) is 0 Å². The summed E-state index contributed by atoms with van der Waals surface area (Å²) in [6.07, 6.45) is 0.866. The molecule has 0 aromatic heterocycles. The van der Waals surface area contributed by atoms with Crippen LogP contribution in [0.1, 0.15) is 24.1 Å². The number of ether oxygens (including phenoxy) is 1. The average Bonchev–Trinajstić information content (AvgIpc) is 2.75. The minimum Gasteiger partial charge on any atom is -0.493 e. The minimum atomic E-state index is -0.0690. The van der Waals surface area contributed by atoms with Crippen LogP contribution in [-0.2, 0) is 11.2 Å². The first-order chi connectivity index (χ1) is 13.7. The lowest BCUT2D eigenvalue weighted by Crippen LogP contribution is -2.30. The Morgan fingerprint density at radius 3 is 2.21 bits per heavy atom. The normalized spacial score (nSPS) is 11.6. The number of nitrogens with one attached hydrogen (secondary N) is 2. The SMILES string of the molecule is CC(NCC(=O)Nc1ccc(OCCc2ccccc2)cc1)c1ccccc1. The highest BCUT2D eigenvalue weighted by atomic mass is 16.5. The van der Waals surface area contributed by atoms with E-state index in [-0.39, 0.29) is 18.5 Å². The first kappa shape index (κ1) is 19.6. The van der Waals surface area contributed by atoms with E-state index in [1.54, 1.807) is 0 Å². The van der Waals surface area contributed by atoms with E-state index in [1.807, 2.05) is 79.7 Å². The van der Waals surface area contributed by atoms with E-state index in [0.29, 0.717) is 6.61 Å². The molecule has 1 unspecified atom stereocenters. The van der Waals surface area contributed by atoms with Gasteiger partial charge in [-0.15, -0.1) is 0 Å². The molecule has 4 heteroatoms. The molecule has 0 spiro atoms. The van der Waals surface area contributed by atoms with Crippen LogP contribution >= 0.6 is 0 Å². The van der Waals surface area contributed by atoms with Crippen LogP contribution in [0.4, 0.5) is 5.69 Å². The highest BCUT2D eigenvalue weighted by Gasteiger charge is 2.07. The van der Waals surface area contributed by atoms with Crippen molar-refractivity contribution in [1.82, 2.24) is 5.32 Å². The van der Waals surface area contributed by atoms with Crippen LogP contribution in [0.3, 0.4) is 0 Å². The molecule has 1 amide bonds. The summed E-state index contributed by atoms with van der Waals surface area (Å²) in [6.45, 7) is 2.92. The Morgan fingerprint density at radius 2 is 1.54 bits per heavy atom. The zero-order chi connectivity index (χ0) is 19.6. The monoisotopic (exact) mass is 374 g/mol. The molecule has 0 aliphatic carbocycles. The Kier molecular flexibility index (Phi) is 7.21. The maximum Gasteiger partial charge on any atom is 0.238 e. The van der Waals surface area contributed by atoms with Crippen molar-refractivity contribution in [2.45, 2.75) is 19.4 Å². The number of amides is 1. The summed E-state index contributed by atoms with van der Waals surface area (Å²) < 4.78 is 5.77. The van der Waals surface area contributed by atoms with Gasteiger partial charge in [-0.3, -0.25) is 4.79 Å². The maximum atomic E-state index is 12.2. The Bertz CT molecular complexity index is 849. The quantitative estimate of drug-likeness (QED) is 0.576. The van der Waals surface area contributed by atoms with E-state index in [9.17, 15) is 4.79 Å². The second kappa shape index (κ2) is 10.3. The molecule has 0 radical (unpaired) electrons. The first-order valence-corrected chi connectivity index (χ1v) is 9.56. The molecule has 28 heavy (non-hydrogen) atoms. The van der Waals surface area contributed by atoms with Gasteiger partial charge >= 0.3 is 0 Å². The Balaban J connectivity index is 1.40. The molecule has 0 aliphatic heterocycles. The highest BCUT2D eigenvalue weighted by Crippen LogP contribution is 2.16. The molecule has 0 fully saturated rings. The zero-order valence-corrected chi connectivity index (χ0v) is 16.1. The molecular formula is C24H26N2O2. The van der Waals surface area contributed by atoms with Gasteiger partial charge in [0.05, 0.1) is 13.2 Å². The van der Waals surface area contributed by atoms with Gasteiger partial charge in [-0.1, -0.05) is 60.7 Å². The molecule has 3 rings (SSSR count). The molecule has 3 aromatic carbocycles. The molecule has 0 bridgehead atoms. The fourth-order valence-corrected chi connectivity index (χ4v) is 2.88. The van der Waals surface area contributed by atoms with Crippen molar-refractivity contribution < 1.29 is 9.53 Å². The van der Waals surface area contributed by atoms with Crippen molar-refractivity contribution in [1.29, 1.82) is 0 Å². The number of carbonyl (C=O) groups excluding carboxylic acids is 1. The summed E-state index contributed by atoms with van der Waals surface area (Å²) in [4.78, 5) is 12.2. The van der Waals surface area contributed by atoms with Crippen LogP contribution in [0, 0.1) is 0 Å². The van der Waals surface area contributed by atoms with E-state index in [1.165, 1.54) is 5.56 Å². The molecule has 3 aromatic rings. The van der Waals surface area contributed by atoms with Crippen molar-refractivity contribution in [2.24, 2.45) is 0 Å². The van der Waals surface area contributed by atoms with Crippen LogP contribution in [0.5, 0.6) is 5.75 Å². The van der Waals surface area contributed by atoms with Gasteiger partial charge < -0.3 is 15.4 Å². The van der Waals surface area contributed by atoms with Gasteiger partial charge in [0.1, 0.15) is 5.75 Å². The zero-order valence-electron chi connectivity index (χ0n) is 16.1. The van der Waals surface area contributed by atoms with Gasteiger partial charge in [0, 0.05) is 18.2 Å². The third-order valence-corrected chi connectivity index (χ3v) is 4.51. The van der Waals surface area contributed by atoms with Crippen LogP contribution in [-0.4, -0.2) is 19.1 Å². The highest BCUT2D eigenvalue weighted by molar-refractivity contribution is 5.92. The largest absolute Gasteiger partial charge is 0.493 e. The van der Waals surface area contributed by atoms with E-state index < -0.39 is 0 Å². The molecular weight excluding hydrogens is 348 g/mol. The maximum absolute atomic E-state index is 12.2. The first-order valence-electron chi connectivity index (χ1n) is 9.56. The van der Waals surface area contributed by atoms with Gasteiger partial charge in [0.15, 0.2) is 0 Å². The average molecular weight is 374 g/mol. The Hall–Kier alpha value is -3.11. The summed E-state index contributed by atoms with van der Waals surface area (Å²) in [5.41, 5.74) is 3.17. The van der Waals surface area contributed by atoms with Crippen molar-refractivity contribution in [3.63, 3.8) is 0 Å². The second-order valence-corrected chi connectivity index (χ2v) is 6.67. The number of anilines is 1. The molecule has 0 aliphatic rings. The summed E-state index contributed by atoms with van der Waals surface area (Å²) in [5.74, 6) is 0.727. The predicted octanol–water partition coefficient (Wildman–Crippen LogP) is 4.60. The van der Waals surface area contributed by atoms with Crippen molar-refractivity contribution in [3.05, 3.63) is 96.1 Å². The Labute approximate surface area is 166 Å². The third kappa shape index (κ3) is 6.25. The summed E-state index contributed by atoms with van der Waals surface area (Å²) in [6, 6.07) is 27.9.